The van der Waals surface area contributed by atoms with E-state index in [4.69, 9.17) is 4.74 Å². The van der Waals surface area contributed by atoms with Crippen molar-refractivity contribution in [3.63, 3.8) is 0 Å². The lowest BCUT2D eigenvalue weighted by atomic mass is 10.0. The van der Waals surface area contributed by atoms with Gasteiger partial charge in [0.1, 0.15) is 5.75 Å². The van der Waals surface area contributed by atoms with E-state index in [2.05, 4.69) is 17.0 Å². The second-order valence-electron chi connectivity index (χ2n) is 6.19. The maximum Gasteiger partial charge on any atom is 0.119 e. The lowest BCUT2D eigenvalue weighted by Crippen LogP contribution is -2.28. The number of rotatable bonds is 5. The van der Waals surface area contributed by atoms with Gasteiger partial charge in [0.25, 0.3) is 0 Å². The summed E-state index contributed by atoms with van der Waals surface area (Å²) in [7, 11) is 1.72. The van der Waals surface area contributed by atoms with Crippen LogP contribution in [0.2, 0.25) is 0 Å². The molecule has 1 aliphatic rings. The molecule has 3 rings (SSSR count). The van der Waals surface area contributed by atoms with E-state index >= 15 is 0 Å². The number of nitrogens with zero attached hydrogens (tertiary/aromatic N) is 1. The fourth-order valence-electron chi connectivity index (χ4n) is 3.25. The monoisotopic (exact) mass is 311 g/mol. The number of aliphatic hydroxyl groups excluding tert-OH is 1. The molecule has 2 aromatic rings. The first-order valence-electron chi connectivity index (χ1n) is 8.37. The summed E-state index contributed by atoms with van der Waals surface area (Å²) in [5, 5.41) is 10.3. The van der Waals surface area contributed by atoms with Crippen molar-refractivity contribution < 1.29 is 9.84 Å². The average molecular weight is 311 g/mol. The molecular weight excluding hydrogens is 286 g/mol. The molecule has 0 aliphatic carbocycles. The van der Waals surface area contributed by atoms with Crippen molar-refractivity contribution >= 4 is 0 Å². The minimum atomic E-state index is -0.373. The maximum atomic E-state index is 10.3. The molecule has 1 heterocycles. The largest absolute Gasteiger partial charge is 0.497 e. The fourth-order valence-corrected chi connectivity index (χ4v) is 3.25. The van der Waals surface area contributed by atoms with E-state index < -0.39 is 0 Å². The Balaban J connectivity index is 1.55. The van der Waals surface area contributed by atoms with Crippen LogP contribution >= 0.6 is 0 Å². The summed E-state index contributed by atoms with van der Waals surface area (Å²) in [6, 6.07) is 16.3. The summed E-state index contributed by atoms with van der Waals surface area (Å²) < 4.78 is 5.33. The molecule has 0 radical (unpaired) electrons. The first-order valence-corrected chi connectivity index (χ1v) is 8.37. The highest BCUT2D eigenvalue weighted by atomic mass is 16.5. The van der Waals surface area contributed by atoms with Crippen LogP contribution in [0.5, 0.6) is 5.75 Å². The molecule has 0 spiro atoms. The van der Waals surface area contributed by atoms with Crippen LogP contribution < -0.4 is 4.74 Å². The summed E-state index contributed by atoms with van der Waals surface area (Å²) in [6.45, 7) is 3.03. The van der Waals surface area contributed by atoms with Crippen molar-refractivity contribution in [2.75, 3.05) is 26.7 Å². The molecule has 0 unspecified atom stereocenters. The van der Waals surface area contributed by atoms with Crippen LogP contribution in [0.1, 0.15) is 29.2 Å². The van der Waals surface area contributed by atoms with E-state index in [1.54, 1.807) is 7.11 Å². The van der Waals surface area contributed by atoms with Crippen LogP contribution in [0, 0.1) is 0 Å². The highest BCUT2D eigenvalue weighted by Gasteiger charge is 2.16. The lowest BCUT2D eigenvalue weighted by Gasteiger charge is -2.21. The third-order valence-corrected chi connectivity index (χ3v) is 4.71. The molecule has 3 heteroatoms. The van der Waals surface area contributed by atoms with Crippen LogP contribution in [0.25, 0.3) is 0 Å². The molecule has 122 valence electrons. The molecular formula is C20H25NO2. The maximum absolute atomic E-state index is 10.3. The average Bonchev–Trinajstić information content (AvgIpc) is 2.82. The normalized spacial score (nSPS) is 16.4. The van der Waals surface area contributed by atoms with Gasteiger partial charge in [0.15, 0.2) is 0 Å². The van der Waals surface area contributed by atoms with E-state index in [1.165, 1.54) is 11.1 Å². The minimum Gasteiger partial charge on any atom is -0.497 e. The molecule has 3 nitrogen and oxygen atoms in total. The van der Waals surface area contributed by atoms with Crippen LogP contribution in [-0.4, -0.2) is 36.8 Å². The van der Waals surface area contributed by atoms with Gasteiger partial charge in [0, 0.05) is 19.6 Å². The molecule has 1 atom stereocenters. The Morgan fingerprint density at radius 1 is 1.04 bits per heavy atom. The zero-order chi connectivity index (χ0) is 16.1. The van der Waals surface area contributed by atoms with Crippen molar-refractivity contribution in [2.45, 2.75) is 25.4 Å². The SMILES string of the molecule is COc1ccc2c(c1)CCN(CC[C@H](O)c1ccccc1)CC2. The van der Waals surface area contributed by atoms with Gasteiger partial charge in [-0.05, 0) is 48.1 Å². The van der Waals surface area contributed by atoms with Gasteiger partial charge in [0.05, 0.1) is 13.2 Å². The van der Waals surface area contributed by atoms with Crippen molar-refractivity contribution in [1.82, 2.24) is 4.90 Å². The lowest BCUT2D eigenvalue weighted by molar-refractivity contribution is 0.143. The molecule has 23 heavy (non-hydrogen) atoms. The third kappa shape index (κ3) is 4.12. The van der Waals surface area contributed by atoms with E-state index in [0.717, 1.165) is 50.2 Å². The number of benzene rings is 2. The van der Waals surface area contributed by atoms with Crippen LogP contribution in [0.4, 0.5) is 0 Å². The Morgan fingerprint density at radius 2 is 1.78 bits per heavy atom. The molecule has 0 aromatic heterocycles. The van der Waals surface area contributed by atoms with Gasteiger partial charge in [-0.15, -0.1) is 0 Å². The van der Waals surface area contributed by atoms with E-state index in [9.17, 15) is 5.11 Å². The Bertz CT molecular complexity index is 627. The first-order chi connectivity index (χ1) is 11.3. The number of hydrogen-bond acceptors (Lipinski definition) is 3. The molecule has 1 aliphatic heterocycles. The molecule has 0 amide bonds. The van der Waals surface area contributed by atoms with Crippen molar-refractivity contribution in [1.29, 1.82) is 0 Å². The van der Waals surface area contributed by atoms with Crippen LogP contribution in [0.15, 0.2) is 48.5 Å². The fraction of sp³-hybridized carbons (Fsp3) is 0.400. The molecule has 2 aromatic carbocycles. The predicted octanol–water partition coefficient (Wildman–Crippen LogP) is 3.22. The number of fused-ring (bicyclic) bond motifs is 1. The van der Waals surface area contributed by atoms with Gasteiger partial charge in [-0.1, -0.05) is 36.4 Å². The van der Waals surface area contributed by atoms with Gasteiger partial charge < -0.3 is 14.7 Å². The summed E-state index contributed by atoms with van der Waals surface area (Å²) >= 11 is 0. The number of hydrogen-bond donors (Lipinski definition) is 1. The van der Waals surface area contributed by atoms with E-state index in [0.29, 0.717) is 0 Å². The highest BCUT2D eigenvalue weighted by Crippen LogP contribution is 2.22. The van der Waals surface area contributed by atoms with Crippen molar-refractivity contribution in [3.05, 3.63) is 65.2 Å². The molecule has 0 fully saturated rings. The number of ether oxygens (including phenoxy) is 1. The first kappa shape index (κ1) is 16.0. The minimum absolute atomic E-state index is 0.373. The topological polar surface area (TPSA) is 32.7 Å². The van der Waals surface area contributed by atoms with Crippen molar-refractivity contribution in [2.24, 2.45) is 0 Å². The number of methoxy groups -OCH3 is 1. The van der Waals surface area contributed by atoms with Gasteiger partial charge in [0.2, 0.25) is 0 Å². The van der Waals surface area contributed by atoms with Crippen molar-refractivity contribution in [3.8, 4) is 5.75 Å². The van der Waals surface area contributed by atoms with Crippen LogP contribution in [-0.2, 0) is 12.8 Å². The second-order valence-corrected chi connectivity index (χ2v) is 6.19. The van der Waals surface area contributed by atoms with E-state index in [1.807, 2.05) is 36.4 Å². The van der Waals surface area contributed by atoms with Gasteiger partial charge in [-0.25, -0.2) is 0 Å². The Hall–Kier alpha value is -1.84. The standard InChI is InChI=1S/C20H25NO2/c1-23-19-8-7-16-9-12-21(13-10-18(16)15-19)14-11-20(22)17-5-3-2-4-6-17/h2-8,15,20,22H,9-14H2,1H3/t20-/m0/s1. The highest BCUT2D eigenvalue weighted by molar-refractivity contribution is 5.36. The zero-order valence-corrected chi connectivity index (χ0v) is 13.7. The summed E-state index contributed by atoms with van der Waals surface area (Å²) in [5.74, 6) is 0.941. The second kappa shape index (κ2) is 7.62. The molecule has 0 bridgehead atoms. The molecule has 0 saturated carbocycles. The molecule has 1 N–H and O–H groups in total. The zero-order valence-electron chi connectivity index (χ0n) is 13.7. The van der Waals surface area contributed by atoms with Gasteiger partial charge in [-0.3, -0.25) is 0 Å². The van der Waals surface area contributed by atoms with Gasteiger partial charge >= 0.3 is 0 Å². The Labute approximate surface area is 138 Å². The van der Waals surface area contributed by atoms with E-state index in [-0.39, 0.29) is 6.10 Å². The number of aliphatic hydroxyl groups is 1. The summed E-state index contributed by atoms with van der Waals surface area (Å²) in [4.78, 5) is 2.46. The Morgan fingerprint density at radius 3 is 2.52 bits per heavy atom. The quantitative estimate of drug-likeness (QED) is 0.920. The Kier molecular flexibility index (Phi) is 5.31. The summed E-state index contributed by atoms with van der Waals surface area (Å²) in [5.41, 5.74) is 3.84. The predicted molar refractivity (Wildman–Crippen MR) is 92.9 cm³/mol. The summed E-state index contributed by atoms with van der Waals surface area (Å²) in [6.07, 6.45) is 2.53. The smallest absolute Gasteiger partial charge is 0.119 e. The van der Waals surface area contributed by atoms with Gasteiger partial charge in [-0.2, -0.15) is 0 Å². The van der Waals surface area contributed by atoms with Crippen LogP contribution in [0.3, 0.4) is 0 Å². The third-order valence-electron chi connectivity index (χ3n) is 4.71. The molecule has 0 saturated heterocycles.